The van der Waals surface area contributed by atoms with Crippen LogP contribution in [0, 0.1) is 6.92 Å². The normalized spacial score (nSPS) is 12.2. The highest BCUT2D eigenvalue weighted by Crippen LogP contribution is 2.31. The zero-order valence-electron chi connectivity index (χ0n) is 15.5. The minimum atomic E-state index is -0.439. The van der Waals surface area contributed by atoms with Gasteiger partial charge in [-0.05, 0) is 60.9 Å². The molecule has 0 aliphatic heterocycles. The van der Waals surface area contributed by atoms with E-state index >= 15 is 0 Å². The average molecular weight is 389 g/mol. The van der Waals surface area contributed by atoms with E-state index in [0.717, 1.165) is 38.8 Å². The molecule has 1 amide bonds. The minimum Gasteiger partial charge on any atom is -0.366 e. The summed E-state index contributed by atoms with van der Waals surface area (Å²) in [5.41, 5.74) is 9.89. The average Bonchev–Trinajstić information content (AvgIpc) is 3.33. The molecule has 0 fully saturated rings. The van der Waals surface area contributed by atoms with Gasteiger partial charge in [0.05, 0.1) is 22.6 Å². The topological polar surface area (TPSA) is 78.0 Å². The molecule has 28 heavy (non-hydrogen) atoms. The standard InChI is InChI=1S/C22H19N3O2S/c1-13-8-17-11-24-25(20(17)10-19(13)22(23)27)14(2)15-4-3-5-16(9-15)21-7-6-18(12-26)28-21/h3-12,14H,1-2H3,(H2,23,27). The fourth-order valence-electron chi connectivity index (χ4n) is 3.45. The van der Waals surface area contributed by atoms with Gasteiger partial charge >= 0.3 is 0 Å². The van der Waals surface area contributed by atoms with Crippen molar-refractivity contribution in [2.24, 2.45) is 5.73 Å². The van der Waals surface area contributed by atoms with Crippen LogP contribution in [-0.4, -0.2) is 22.0 Å². The molecule has 5 nitrogen and oxygen atoms in total. The number of benzene rings is 2. The predicted molar refractivity (Wildman–Crippen MR) is 112 cm³/mol. The van der Waals surface area contributed by atoms with Crippen LogP contribution in [0.4, 0.5) is 0 Å². The molecule has 0 bridgehead atoms. The van der Waals surface area contributed by atoms with E-state index in [1.165, 1.54) is 11.3 Å². The van der Waals surface area contributed by atoms with E-state index in [0.29, 0.717) is 10.4 Å². The van der Waals surface area contributed by atoms with Crippen molar-refractivity contribution in [1.82, 2.24) is 9.78 Å². The summed E-state index contributed by atoms with van der Waals surface area (Å²) in [6.07, 6.45) is 2.68. The van der Waals surface area contributed by atoms with Crippen LogP contribution in [0.25, 0.3) is 21.3 Å². The number of aldehydes is 1. The fraction of sp³-hybridized carbons (Fsp3) is 0.136. The van der Waals surface area contributed by atoms with Crippen molar-refractivity contribution in [3.63, 3.8) is 0 Å². The molecule has 0 aliphatic rings. The number of nitrogens with zero attached hydrogens (tertiary/aromatic N) is 2. The summed E-state index contributed by atoms with van der Waals surface area (Å²) in [6, 6.07) is 15.7. The molecule has 0 saturated heterocycles. The van der Waals surface area contributed by atoms with Crippen LogP contribution >= 0.6 is 11.3 Å². The van der Waals surface area contributed by atoms with Gasteiger partial charge in [0.15, 0.2) is 6.29 Å². The van der Waals surface area contributed by atoms with Crippen LogP contribution in [0.15, 0.2) is 54.7 Å². The first-order chi connectivity index (χ1) is 13.5. The number of aromatic nitrogens is 2. The summed E-state index contributed by atoms with van der Waals surface area (Å²) in [5.74, 6) is -0.439. The first-order valence-electron chi connectivity index (χ1n) is 8.91. The summed E-state index contributed by atoms with van der Waals surface area (Å²) in [4.78, 5) is 24.5. The Morgan fingerprint density at radius 3 is 2.75 bits per heavy atom. The summed E-state index contributed by atoms with van der Waals surface area (Å²) < 4.78 is 1.91. The van der Waals surface area contributed by atoms with Gasteiger partial charge in [-0.1, -0.05) is 18.2 Å². The van der Waals surface area contributed by atoms with Crippen LogP contribution in [-0.2, 0) is 0 Å². The zero-order valence-corrected chi connectivity index (χ0v) is 16.4. The molecule has 0 radical (unpaired) electrons. The maximum Gasteiger partial charge on any atom is 0.249 e. The lowest BCUT2D eigenvalue weighted by atomic mass is 10.0. The van der Waals surface area contributed by atoms with Gasteiger partial charge in [-0.15, -0.1) is 11.3 Å². The lowest BCUT2D eigenvalue weighted by molar-refractivity contribution is 0.0999. The van der Waals surface area contributed by atoms with E-state index < -0.39 is 5.91 Å². The van der Waals surface area contributed by atoms with Gasteiger partial charge in [-0.3, -0.25) is 14.3 Å². The van der Waals surface area contributed by atoms with Crippen LogP contribution < -0.4 is 5.73 Å². The number of amides is 1. The van der Waals surface area contributed by atoms with Gasteiger partial charge in [0.2, 0.25) is 5.91 Å². The molecule has 6 heteroatoms. The highest BCUT2D eigenvalue weighted by atomic mass is 32.1. The van der Waals surface area contributed by atoms with E-state index in [4.69, 9.17) is 5.73 Å². The Morgan fingerprint density at radius 2 is 2.04 bits per heavy atom. The molecule has 0 aliphatic carbocycles. The van der Waals surface area contributed by atoms with Crippen molar-refractivity contribution >= 4 is 34.4 Å². The Labute approximate surface area is 166 Å². The smallest absolute Gasteiger partial charge is 0.249 e. The molecule has 4 rings (SSSR count). The van der Waals surface area contributed by atoms with Gasteiger partial charge in [0.1, 0.15) is 0 Å². The Hall–Kier alpha value is -3.25. The quantitative estimate of drug-likeness (QED) is 0.507. The summed E-state index contributed by atoms with van der Waals surface area (Å²) in [5, 5.41) is 5.53. The Morgan fingerprint density at radius 1 is 1.21 bits per heavy atom. The largest absolute Gasteiger partial charge is 0.366 e. The number of nitrogens with two attached hydrogens (primary N) is 1. The second kappa shape index (κ2) is 7.05. The second-order valence-electron chi connectivity index (χ2n) is 6.80. The third-order valence-corrected chi connectivity index (χ3v) is 6.03. The Kier molecular flexibility index (Phi) is 4.57. The van der Waals surface area contributed by atoms with Crippen molar-refractivity contribution in [3.05, 3.63) is 76.3 Å². The third-order valence-electron chi connectivity index (χ3n) is 4.97. The van der Waals surface area contributed by atoms with Gasteiger partial charge < -0.3 is 5.73 Å². The minimum absolute atomic E-state index is 0.0358. The maximum absolute atomic E-state index is 11.7. The molecular formula is C22H19N3O2S. The molecule has 2 aromatic carbocycles. The molecular weight excluding hydrogens is 370 g/mol. The van der Waals surface area contributed by atoms with Crippen molar-refractivity contribution in [1.29, 1.82) is 0 Å². The van der Waals surface area contributed by atoms with Crippen molar-refractivity contribution in [2.45, 2.75) is 19.9 Å². The van der Waals surface area contributed by atoms with E-state index in [1.807, 2.05) is 54.2 Å². The summed E-state index contributed by atoms with van der Waals surface area (Å²) in [6.45, 7) is 3.94. The molecule has 0 saturated carbocycles. The van der Waals surface area contributed by atoms with Crippen LogP contribution in [0.3, 0.4) is 0 Å². The van der Waals surface area contributed by atoms with Crippen molar-refractivity contribution in [3.8, 4) is 10.4 Å². The first-order valence-corrected chi connectivity index (χ1v) is 9.72. The molecule has 1 atom stereocenters. The number of aryl methyl sites for hydroxylation is 1. The Bertz CT molecular complexity index is 1210. The van der Waals surface area contributed by atoms with Crippen molar-refractivity contribution in [2.75, 3.05) is 0 Å². The molecule has 1 unspecified atom stereocenters. The third kappa shape index (κ3) is 3.12. The van der Waals surface area contributed by atoms with E-state index in [1.54, 1.807) is 0 Å². The number of hydrogen-bond donors (Lipinski definition) is 1. The summed E-state index contributed by atoms with van der Waals surface area (Å²) >= 11 is 1.47. The molecule has 2 N–H and O–H groups in total. The maximum atomic E-state index is 11.7. The van der Waals surface area contributed by atoms with E-state index in [2.05, 4.69) is 24.2 Å². The van der Waals surface area contributed by atoms with Crippen LogP contribution in [0.5, 0.6) is 0 Å². The highest BCUT2D eigenvalue weighted by Gasteiger charge is 2.16. The molecule has 2 aromatic heterocycles. The van der Waals surface area contributed by atoms with E-state index in [9.17, 15) is 9.59 Å². The van der Waals surface area contributed by atoms with Crippen LogP contribution in [0.1, 0.15) is 44.1 Å². The number of carbonyl (C=O) groups is 2. The fourth-order valence-corrected chi connectivity index (χ4v) is 4.26. The number of carbonyl (C=O) groups excluding carboxylic acids is 2. The lowest BCUT2D eigenvalue weighted by Crippen LogP contribution is -2.13. The number of rotatable bonds is 5. The number of fused-ring (bicyclic) bond motifs is 1. The SMILES string of the molecule is Cc1cc2cnn(C(C)c3cccc(-c4ccc(C=O)s4)c3)c2cc1C(N)=O. The zero-order chi connectivity index (χ0) is 19.8. The van der Waals surface area contributed by atoms with Gasteiger partial charge in [0, 0.05) is 15.8 Å². The number of thiophene rings is 1. The molecule has 0 spiro atoms. The van der Waals surface area contributed by atoms with Gasteiger partial charge in [-0.25, -0.2) is 0 Å². The number of primary amides is 1. The molecule has 4 aromatic rings. The predicted octanol–water partition coefficient (Wildman–Crippen LogP) is 4.59. The first kappa shape index (κ1) is 18.1. The number of hydrogen-bond acceptors (Lipinski definition) is 4. The van der Waals surface area contributed by atoms with Crippen LogP contribution in [0.2, 0.25) is 0 Å². The van der Waals surface area contributed by atoms with E-state index in [-0.39, 0.29) is 6.04 Å². The molecule has 2 heterocycles. The van der Waals surface area contributed by atoms with Crippen molar-refractivity contribution < 1.29 is 9.59 Å². The lowest BCUT2D eigenvalue weighted by Gasteiger charge is -2.16. The van der Waals surface area contributed by atoms with Gasteiger partial charge in [-0.2, -0.15) is 5.10 Å². The monoisotopic (exact) mass is 389 g/mol. The summed E-state index contributed by atoms with van der Waals surface area (Å²) in [7, 11) is 0. The Balaban J connectivity index is 1.76. The highest BCUT2D eigenvalue weighted by molar-refractivity contribution is 7.17. The second-order valence-corrected chi connectivity index (χ2v) is 7.92. The molecule has 140 valence electrons. The van der Waals surface area contributed by atoms with Gasteiger partial charge in [0.25, 0.3) is 0 Å².